The Bertz CT molecular complexity index is 847. The average molecular weight is 318 g/mol. The molecule has 1 N–H and O–H groups in total. The van der Waals surface area contributed by atoms with Gasteiger partial charge < -0.3 is 0 Å². The van der Waals surface area contributed by atoms with E-state index in [9.17, 15) is 4.79 Å². The van der Waals surface area contributed by atoms with Gasteiger partial charge in [-0.1, -0.05) is 55.8 Å². The molecule has 0 radical (unpaired) electrons. The van der Waals surface area contributed by atoms with Gasteiger partial charge in [-0.25, -0.2) is 0 Å². The van der Waals surface area contributed by atoms with Crippen LogP contribution in [0.15, 0.2) is 48.5 Å². The summed E-state index contributed by atoms with van der Waals surface area (Å²) in [6, 6.07) is 16.2. The van der Waals surface area contributed by atoms with Gasteiger partial charge in [-0.15, -0.1) is 0 Å². The Hall–Kier alpha value is -2.68. The lowest BCUT2D eigenvalue weighted by Gasteiger charge is -2.01. The summed E-state index contributed by atoms with van der Waals surface area (Å²) in [5, 5.41) is 8.47. The van der Waals surface area contributed by atoms with Crippen LogP contribution in [-0.4, -0.2) is 16.0 Å². The zero-order valence-electron chi connectivity index (χ0n) is 14.0. The summed E-state index contributed by atoms with van der Waals surface area (Å²) in [5.41, 5.74) is 4.09. The lowest BCUT2D eigenvalue weighted by atomic mass is 10.0. The van der Waals surface area contributed by atoms with Crippen LogP contribution in [0.2, 0.25) is 0 Å². The van der Waals surface area contributed by atoms with Crippen LogP contribution in [0.25, 0.3) is 23.1 Å². The fourth-order valence-electron chi connectivity index (χ4n) is 2.75. The van der Waals surface area contributed by atoms with Crippen molar-refractivity contribution in [3.63, 3.8) is 0 Å². The molecule has 3 nitrogen and oxygen atoms in total. The van der Waals surface area contributed by atoms with Crippen molar-refractivity contribution in [2.75, 3.05) is 0 Å². The number of carbonyl (C=O) groups is 1. The first kappa shape index (κ1) is 16.2. The number of hydrogen-bond acceptors (Lipinski definition) is 2. The highest BCUT2D eigenvalue weighted by Gasteiger charge is 2.07. The Kier molecular flexibility index (Phi) is 5.22. The maximum atomic E-state index is 12.0. The second-order valence-corrected chi connectivity index (χ2v) is 6.05. The molecular formula is C21H22N2O. The third-order valence-electron chi connectivity index (χ3n) is 4.10. The van der Waals surface area contributed by atoms with E-state index in [1.807, 2.05) is 36.4 Å². The van der Waals surface area contributed by atoms with Gasteiger partial charge in [0.25, 0.3) is 0 Å². The van der Waals surface area contributed by atoms with Crippen molar-refractivity contribution in [2.24, 2.45) is 0 Å². The monoisotopic (exact) mass is 318 g/mol. The quantitative estimate of drug-likeness (QED) is 0.663. The number of H-pyrrole nitrogens is 1. The molecule has 0 aliphatic heterocycles. The average Bonchev–Trinajstić information content (AvgIpc) is 3.01. The first-order valence-corrected chi connectivity index (χ1v) is 8.48. The minimum Gasteiger partial charge on any atom is -0.299 e. The van der Waals surface area contributed by atoms with Crippen molar-refractivity contribution >= 4 is 28.8 Å². The van der Waals surface area contributed by atoms with Crippen molar-refractivity contribution < 1.29 is 4.79 Å². The van der Waals surface area contributed by atoms with E-state index in [-0.39, 0.29) is 0 Å². The van der Waals surface area contributed by atoms with E-state index in [2.05, 4.69) is 41.4 Å². The molecule has 3 rings (SSSR count). The van der Waals surface area contributed by atoms with Crippen molar-refractivity contribution in [3.05, 3.63) is 65.4 Å². The van der Waals surface area contributed by atoms with Gasteiger partial charge in [-0.05, 0) is 35.8 Å². The number of Topliss-reactive ketones (excluding diaryl/α,β-unsaturated/α-hetero) is 1. The van der Waals surface area contributed by atoms with E-state index in [4.69, 9.17) is 0 Å². The molecule has 1 aromatic heterocycles. The van der Waals surface area contributed by atoms with Crippen LogP contribution >= 0.6 is 0 Å². The van der Waals surface area contributed by atoms with Gasteiger partial charge in [0.15, 0.2) is 0 Å². The molecule has 0 atom stereocenters. The summed E-state index contributed by atoms with van der Waals surface area (Å²) in [4.78, 5) is 12.0. The summed E-state index contributed by atoms with van der Waals surface area (Å²) >= 11 is 0. The van der Waals surface area contributed by atoms with Crippen LogP contribution in [0, 0.1) is 0 Å². The standard InChI is InChI=1S/C21H22N2O/c1-2-3-9-18(24)14-17-11-13-21-19(15-17)20(22-23-21)12-10-16-7-5-4-6-8-16/h4-8,10-13,15H,2-3,9,14H2,1H3,(H,22,23)/b12-10+. The molecule has 0 amide bonds. The van der Waals surface area contributed by atoms with Crippen molar-refractivity contribution in [2.45, 2.75) is 32.6 Å². The zero-order chi connectivity index (χ0) is 16.8. The maximum absolute atomic E-state index is 12.0. The Morgan fingerprint density at radius 3 is 2.75 bits per heavy atom. The maximum Gasteiger partial charge on any atom is 0.137 e. The zero-order valence-corrected chi connectivity index (χ0v) is 14.0. The lowest BCUT2D eigenvalue weighted by Crippen LogP contribution is -2.02. The largest absolute Gasteiger partial charge is 0.299 e. The first-order valence-electron chi connectivity index (χ1n) is 8.48. The number of ketones is 1. The molecule has 122 valence electrons. The molecule has 0 spiro atoms. The van der Waals surface area contributed by atoms with Crippen LogP contribution in [0.1, 0.15) is 43.0 Å². The van der Waals surface area contributed by atoms with Crippen LogP contribution in [-0.2, 0) is 11.2 Å². The number of rotatable bonds is 7. The number of aromatic amines is 1. The highest BCUT2D eigenvalue weighted by atomic mass is 16.1. The number of carbonyl (C=O) groups excluding carboxylic acids is 1. The van der Waals surface area contributed by atoms with Gasteiger partial charge in [0, 0.05) is 18.2 Å². The topological polar surface area (TPSA) is 45.8 Å². The minimum atomic E-state index is 0.307. The van der Waals surface area contributed by atoms with Crippen LogP contribution < -0.4 is 0 Å². The summed E-state index contributed by atoms with van der Waals surface area (Å²) in [6.45, 7) is 2.11. The van der Waals surface area contributed by atoms with Crippen molar-refractivity contribution in [3.8, 4) is 0 Å². The van der Waals surface area contributed by atoms with E-state index in [0.29, 0.717) is 18.6 Å². The van der Waals surface area contributed by atoms with Crippen LogP contribution in [0.5, 0.6) is 0 Å². The van der Waals surface area contributed by atoms with Gasteiger partial charge >= 0.3 is 0 Å². The third kappa shape index (κ3) is 3.99. The number of aromatic nitrogens is 2. The van der Waals surface area contributed by atoms with Gasteiger partial charge in [-0.3, -0.25) is 9.89 Å². The molecule has 0 saturated carbocycles. The van der Waals surface area contributed by atoms with E-state index in [1.165, 1.54) is 0 Å². The van der Waals surface area contributed by atoms with E-state index >= 15 is 0 Å². The van der Waals surface area contributed by atoms with Gasteiger partial charge in [0.05, 0.1) is 11.2 Å². The Balaban J connectivity index is 1.81. The fourth-order valence-corrected chi connectivity index (χ4v) is 2.75. The molecule has 0 fully saturated rings. The molecule has 0 unspecified atom stereocenters. The molecule has 3 aromatic rings. The SMILES string of the molecule is CCCCC(=O)Cc1ccc2n[nH]c(/C=C/c3ccccc3)c2c1. The predicted molar refractivity (Wildman–Crippen MR) is 99.7 cm³/mol. The summed E-state index contributed by atoms with van der Waals surface area (Å²) in [7, 11) is 0. The van der Waals surface area contributed by atoms with Crippen LogP contribution in [0.3, 0.4) is 0 Å². The fraction of sp³-hybridized carbons (Fsp3) is 0.238. The number of hydrogen-bond donors (Lipinski definition) is 1. The van der Waals surface area contributed by atoms with Gasteiger partial charge in [-0.2, -0.15) is 5.10 Å². The molecule has 1 heterocycles. The second-order valence-electron chi connectivity index (χ2n) is 6.05. The van der Waals surface area contributed by atoms with E-state index < -0.39 is 0 Å². The highest BCUT2D eigenvalue weighted by molar-refractivity contribution is 5.91. The second kappa shape index (κ2) is 7.73. The Labute approximate surface area is 142 Å². The van der Waals surface area contributed by atoms with Crippen molar-refractivity contribution in [1.82, 2.24) is 10.2 Å². The molecule has 0 aliphatic rings. The summed E-state index contributed by atoms with van der Waals surface area (Å²) < 4.78 is 0. The number of unbranched alkanes of at least 4 members (excludes halogenated alkanes) is 1. The summed E-state index contributed by atoms with van der Waals surface area (Å²) in [6.07, 6.45) is 7.29. The Morgan fingerprint density at radius 2 is 1.96 bits per heavy atom. The molecule has 2 aromatic carbocycles. The van der Waals surface area contributed by atoms with Crippen molar-refractivity contribution in [1.29, 1.82) is 0 Å². The molecule has 24 heavy (non-hydrogen) atoms. The van der Waals surface area contributed by atoms with Gasteiger partial charge in [0.1, 0.15) is 5.78 Å². The van der Waals surface area contributed by atoms with E-state index in [1.54, 1.807) is 0 Å². The predicted octanol–water partition coefficient (Wildman–Crippen LogP) is 5.04. The van der Waals surface area contributed by atoms with Gasteiger partial charge in [0.2, 0.25) is 0 Å². The number of nitrogens with one attached hydrogen (secondary N) is 1. The molecule has 3 heteroatoms. The highest BCUT2D eigenvalue weighted by Crippen LogP contribution is 2.20. The first-order chi connectivity index (χ1) is 11.8. The molecule has 0 aliphatic carbocycles. The minimum absolute atomic E-state index is 0.307. The number of nitrogens with zero attached hydrogens (tertiary/aromatic N) is 1. The summed E-state index contributed by atoms with van der Waals surface area (Å²) in [5.74, 6) is 0.307. The molecular weight excluding hydrogens is 296 g/mol. The molecule has 0 bridgehead atoms. The Morgan fingerprint density at radius 1 is 1.12 bits per heavy atom. The normalized spacial score (nSPS) is 11.4. The number of fused-ring (bicyclic) bond motifs is 1. The number of benzene rings is 2. The van der Waals surface area contributed by atoms with Crippen LogP contribution in [0.4, 0.5) is 0 Å². The smallest absolute Gasteiger partial charge is 0.137 e. The third-order valence-corrected chi connectivity index (χ3v) is 4.10. The lowest BCUT2D eigenvalue weighted by molar-refractivity contribution is -0.118. The molecule has 0 saturated heterocycles. The van der Waals surface area contributed by atoms with E-state index in [0.717, 1.165) is 40.6 Å².